The van der Waals surface area contributed by atoms with Gasteiger partial charge in [0.2, 0.25) is 0 Å². The summed E-state index contributed by atoms with van der Waals surface area (Å²) in [5.74, 6) is -0.463. The van der Waals surface area contributed by atoms with Crippen LogP contribution in [-0.4, -0.2) is 25.1 Å². The van der Waals surface area contributed by atoms with Gasteiger partial charge in [-0.15, -0.1) is 0 Å². The van der Waals surface area contributed by atoms with Gasteiger partial charge in [-0.1, -0.05) is 41.9 Å². The number of amides is 1. The average Bonchev–Trinajstić information content (AvgIpc) is 2.55. The molecule has 0 aromatic heterocycles. The molecule has 0 unspecified atom stereocenters. The minimum absolute atomic E-state index is 0.110. The normalized spacial score (nSPS) is 11.5. The summed E-state index contributed by atoms with van der Waals surface area (Å²) >= 11 is 5.92. The lowest BCUT2D eigenvalue weighted by molar-refractivity contribution is -0.152. The first-order chi connectivity index (χ1) is 11.5. The van der Waals surface area contributed by atoms with Gasteiger partial charge in [0.1, 0.15) is 5.75 Å². The Bertz CT molecular complexity index is 718. The second kappa shape index (κ2) is 8.36. The van der Waals surface area contributed by atoms with E-state index in [9.17, 15) is 9.59 Å². The monoisotopic (exact) mass is 347 g/mol. The maximum absolute atomic E-state index is 12.2. The van der Waals surface area contributed by atoms with E-state index in [0.717, 1.165) is 5.56 Å². The van der Waals surface area contributed by atoms with Crippen LogP contribution < -0.4 is 10.1 Å². The van der Waals surface area contributed by atoms with E-state index in [4.69, 9.17) is 21.1 Å². The lowest BCUT2D eigenvalue weighted by atomic mass is 10.1. The predicted octanol–water partition coefficient (Wildman–Crippen LogP) is 3.46. The molecule has 6 heteroatoms. The van der Waals surface area contributed by atoms with Crippen LogP contribution in [0.25, 0.3) is 0 Å². The maximum Gasteiger partial charge on any atom is 0.311 e. The van der Waals surface area contributed by atoms with Crippen LogP contribution in [0.5, 0.6) is 5.75 Å². The van der Waals surface area contributed by atoms with Gasteiger partial charge in [-0.3, -0.25) is 9.59 Å². The molecule has 2 aromatic rings. The number of carbonyl (C=O) groups excluding carboxylic acids is 2. The fourth-order valence-electron chi connectivity index (χ4n) is 2.07. The van der Waals surface area contributed by atoms with E-state index in [0.29, 0.717) is 16.5 Å². The molecule has 0 spiro atoms. The van der Waals surface area contributed by atoms with Crippen LogP contribution in [-0.2, 0) is 20.7 Å². The molecule has 1 atom stereocenters. The molecule has 0 radical (unpaired) electrons. The zero-order chi connectivity index (χ0) is 17.5. The number of hydrogen-bond acceptors (Lipinski definition) is 4. The number of benzene rings is 2. The Hall–Kier alpha value is -2.53. The van der Waals surface area contributed by atoms with Gasteiger partial charge in [0.25, 0.3) is 5.91 Å². The maximum atomic E-state index is 12.2. The second-order valence-electron chi connectivity index (χ2n) is 5.13. The van der Waals surface area contributed by atoms with Crippen molar-refractivity contribution < 1.29 is 19.1 Å². The van der Waals surface area contributed by atoms with E-state index in [1.807, 2.05) is 30.3 Å². The number of ether oxygens (including phenoxy) is 2. The minimum atomic E-state index is -0.940. The highest BCUT2D eigenvalue weighted by atomic mass is 35.5. The fraction of sp³-hybridized carbons (Fsp3) is 0.222. The highest BCUT2D eigenvalue weighted by Gasteiger charge is 2.19. The predicted molar refractivity (Wildman–Crippen MR) is 92.3 cm³/mol. The largest absolute Gasteiger partial charge is 0.495 e. The number of methoxy groups -OCH3 is 1. The third-order valence-corrected chi connectivity index (χ3v) is 3.52. The summed E-state index contributed by atoms with van der Waals surface area (Å²) in [4.78, 5) is 24.1. The van der Waals surface area contributed by atoms with Gasteiger partial charge in [-0.2, -0.15) is 0 Å². The molecule has 0 bridgehead atoms. The SMILES string of the molecule is COc1ccc(Cl)cc1NC(=O)[C@@H](C)OC(=O)Cc1ccccc1. The molecule has 126 valence electrons. The Balaban J connectivity index is 1.95. The van der Waals surface area contributed by atoms with E-state index in [2.05, 4.69) is 5.32 Å². The minimum Gasteiger partial charge on any atom is -0.495 e. The van der Waals surface area contributed by atoms with E-state index >= 15 is 0 Å². The molecule has 2 rings (SSSR count). The summed E-state index contributed by atoms with van der Waals surface area (Å²) in [6.45, 7) is 1.51. The van der Waals surface area contributed by atoms with Gasteiger partial charge in [-0.25, -0.2) is 0 Å². The average molecular weight is 348 g/mol. The van der Waals surface area contributed by atoms with Gasteiger partial charge in [0, 0.05) is 5.02 Å². The Morgan fingerprint density at radius 2 is 1.88 bits per heavy atom. The number of anilines is 1. The van der Waals surface area contributed by atoms with Crippen molar-refractivity contribution in [1.82, 2.24) is 0 Å². The molecule has 0 saturated carbocycles. The lowest BCUT2D eigenvalue weighted by Crippen LogP contribution is -2.30. The Kier molecular flexibility index (Phi) is 6.21. The summed E-state index contributed by atoms with van der Waals surface area (Å²) < 4.78 is 10.3. The second-order valence-corrected chi connectivity index (χ2v) is 5.56. The quantitative estimate of drug-likeness (QED) is 0.813. The van der Waals surface area contributed by atoms with Crippen molar-refractivity contribution in [3.63, 3.8) is 0 Å². The number of esters is 1. The summed E-state index contributed by atoms with van der Waals surface area (Å²) in [6.07, 6.45) is -0.830. The van der Waals surface area contributed by atoms with Crippen molar-refractivity contribution in [2.75, 3.05) is 12.4 Å². The van der Waals surface area contributed by atoms with E-state index in [1.165, 1.54) is 14.0 Å². The summed E-state index contributed by atoms with van der Waals surface area (Å²) in [6, 6.07) is 14.0. The molecule has 0 fully saturated rings. The summed E-state index contributed by atoms with van der Waals surface area (Å²) in [5.41, 5.74) is 1.24. The molecule has 5 nitrogen and oxygen atoms in total. The molecule has 0 saturated heterocycles. The lowest BCUT2D eigenvalue weighted by Gasteiger charge is -2.15. The van der Waals surface area contributed by atoms with Gasteiger partial charge in [0.15, 0.2) is 6.10 Å². The van der Waals surface area contributed by atoms with E-state index in [1.54, 1.807) is 18.2 Å². The third-order valence-electron chi connectivity index (χ3n) is 3.29. The van der Waals surface area contributed by atoms with E-state index in [-0.39, 0.29) is 6.42 Å². The highest BCUT2D eigenvalue weighted by Crippen LogP contribution is 2.27. The zero-order valence-electron chi connectivity index (χ0n) is 13.4. The van der Waals surface area contributed by atoms with Crippen LogP contribution in [0.3, 0.4) is 0 Å². The van der Waals surface area contributed by atoms with E-state index < -0.39 is 18.0 Å². The van der Waals surface area contributed by atoms with Crippen molar-refractivity contribution in [2.24, 2.45) is 0 Å². The Labute approximate surface area is 145 Å². The molecule has 0 aliphatic heterocycles. The fourth-order valence-corrected chi connectivity index (χ4v) is 2.24. The number of nitrogens with one attached hydrogen (secondary N) is 1. The standard InChI is InChI=1S/C18H18ClNO4/c1-12(24-17(21)10-13-6-4-3-5-7-13)18(22)20-15-11-14(19)8-9-16(15)23-2/h3-9,11-12H,10H2,1-2H3,(H,20,22)/t12-/m1/s1. The van der Waals surface area contributed by atoms with Gasteiger partial charge >= 0.3 is 5.97 Å². The summed E-state index contributed by atoms with van der Waals surface area (Å²) in [7, 11) is 1.49. The number of halogens is 1. The first kappa shape index (κ1) is 17.8. The highest BCUT2D eigenvalue weighted by molar-refractivity contribution is 6.31. The third kappa shape index (κ3) is 4.99. The van der Waals surface area contributed by atoms with Gasteiger partial charge in [-0.05, 0) is 30.7 Å². The van der Waals surface area contributed by atoms with Crippen LogP contribution in [0.15, 0.2) is 48.5 Å². The molecule has 1 amide bonds. The van der Waals surface area contributed by atoms with Crippen molar-refractivity contribution in [3.8, 4) is 5.75 Å². The van der Waals surface area contributed by atoms with Crippen LogP contribution >= 0.6 is 11.6 Å². The molecule has 0 aliphatic rings. The van der Waals surface area contributed by atoms with Crippen molar-refractivity contribution in [3.05, 3.63) is 59.1 Å². The molecule has 0 heterocycles. The molecular weight excluding hydrogens is 330 g/mol. The van der Waals surface area contributed by atoms with Crippen molar-refractivity contribution >= 4 is 29.2 Å². The zero-order valence-corrected chi connectivity index (χ0v) is 14.2. The van der Waals surface area contributed by atoms with Crippen LogP contribution in [0.2, 0.25) is 5.02 Å². The van der Waals surface area contributed by atoms with Gasteiger partial charge < -0.3 is 14.8 Å². The molecule has 0 aliphatic carbocycles. The Morgan fingerprint density at radius 3 is 2.54 bits per heavy atom. The Morgan fingerprint density at radius 1 is 1.17 bits per heavy atom. The summed E-state index contributed by atoms with van der Waals surface area (Å²) in [5, 5.41) is 3.10. The van der Waals surface area contributed by atoms with Crippen LogP contribution in [0, 0.1) is 0 Å². The molecule has 24 heavy (non-hydrogen) atoms. The number of rotatable bonds is 6. The van der Waals surface area contributed by atoms with Crippen LogP contribution in [0.1, 0.15) is 12.5 Å². The van der Waals surface area contributed by atoms with Crippen molar-refractivity contribution in [2.45, 2.75) is 19.4 Å². The topological polar surface area (TPSA) is 64.6 Å². The smallest absolute Gasteiger partial charge is 0.311 e. The van der Waals surface area contributed by atoms with Gasteiger partial charge in [0.05, 0.1) is 19.2 Å². The molecular formula is C18H18ClNO4. The number of carbonyl (C=O) groups is 2. The first-order valence-electron chi connectivity index (χ1n) is 7.37. The van der Waals surface area contributed by atoms with Crippen LogP contribution in [0.4, 0.5) is 5.69 Å². The molecule has 2 aromatic carbocycles. The van der Waals surface area contributed by atoms with Crippen molar-refractivity contribution in [1.29, 1.82) is 0 Å². The molecule has 1 N–H and O–H groups in total. The number of hydrogen-bond donors (Lipinski definition) is 1. The first-order valence-corrected chi connectivity index (χ1v) is 7.75.